The molecule has 2 aromatic rings. The van der Waals surface area contributed by atoms with Crippen molar-refractivity contribution < 1.29 is 17.9 Å². The van der Waals surface area contributed by atoms with Crippen LogP contribution in [0.2, 0.25) is 0 Å². The van der Waals surface area contributed by atoms with Crippen LogP contribution in [0.25, 0.3) is 0 Å². The molecular formula is C23H30N2O4S. The van der Waals surface area contributed by atoms with Crippen LogP contribution in [0.3, 0.4) is 0 Å². The van der Waals surface area contributed by atoms with E-state index in [9.17, 15) is 13.2 Å². The van der Waals surface area contributed by atoms with E-state index >= 15 is 0 Å². The molecule has 0 spiro atoms. The molecule has 1 fully saturated rings. The zero-order chi connectivity index (χ0) is 21.7. The molecule has 1 amide bonds. The van der Waals surface area contributed by atoms with Gasteiger partial charge in [0.1, 0.15) is 5.75 Å². The number of carbonyl (C=O) groups is 1. The highest BCUT2D eigenvalue weighted by molar-refractivity contribution is 7.89. The second-order valence-corrected chi connectivity index (χ2v) is 9.84. The highest BCUT2D eigenvalue weighted by atomic mass is 32.2. The number of nitrogens with one attached hydrogen (secondary N) is 1. The van der Waals surface area contributed by atoms with Crippen molar-refractivity contribution in [1.29, 1.82) is 0 Å². The SMILES string of the molecule is Cc1ccc(C(=O)NCc2ccc(OC(C)C)cc2)cc1S(=O)(=O)N1CCCCC1. The lowest BCUT2D eigenvalue weighted by atomic mass is 10.1. The van der Waals surface area contributed by atoms with Gasteiger partial charge in [0.15, 0.2) is 0 Å². The third-order valence-corrected chi connectivity index (χ3v) is 7.17. The molecule has 0 aromatic heterocycles. The van der Waals surface area contributed by atoms with Gasteiger partial charge in [-0.05, 0) is 69.0 Å². The molecule has 2 aromatic carbocycles. The Kier molecular flexibility index (Phi) is 7.15. The minimum atomic E-state index is -3.59. The van der Waals surface area contributed by atoms with Crippen LogP contribution in [0, 0.1) is 6.92 Å². The zero-order valence-corrected chi connectivity index (χ0v) is 18.7. The van der Waals surface area contributed by atoms with Gasteiger partial charge in [0.05, 0.1) is 11.0 Å². The Morgan fingerprint density at radius 2 is 1.73 bits per heavy atom. The van der Waals surface area contributed by atoms with Gasteiger partial charge in [-0.3, -0.25) is 4.79 Å². The average Bonchev–Trinajstić information content (AvgIpc) is 2.73. The topological polar surface area (TPSA) is 75.7 Å². The van der Waals surface area contributed by atoms with Gasteiger partial charge in [-0.25, -0.2) is 8.42 Å². The number of sulfonamides is 1. The quantitative estimate of drug-likeness (QED) is 0.723. The molecule has 0 aliphatic carbocycles. The summed E-state index contributed by atoms with van der Waals surface area (Å²) in [6, 6.07) is 12.4. The smallest absolute Gasteiger partial charge is 0.251 e. The van der Waals surface area contributed by atoms with Crippen LogP contribution in [0.15, 0.2) is 47.4 Å². The Morgan fingerprint density at radius 1 is 1.07 bits per heavy atom. The lowest BCUT2D eigenvalue weighted by Gasteiger charge is -2.26. The van der Waals surface area contributed by atoms with Gasteiger partial charge in [-0.1, -0.05) is 24.6 Å². The normalized spacial score (nSPS) is 15.2. The number of hydrogen-bond acceptors (Lipinski definition) is 4. The standard InChI is InChI=1S/C23H30N2O4S/c1-17(2)29-21-11-8-19(9-12-21)16-24-23(26)20-10-7-18(3)22(15-20)30(27,28)25-13-5-4-6-14-25/h7-12,15,17H,4-6,13-14,16H2,1-3H3,(H,24,26). The number of rotatable bonds is 7. The van der Waals surface area contributed by atoms with Crippen molar-refractivity contribution in [1.82, 2.24) is 9.62 Å². The second-order valence-electron chi connectivity index (χ2n) is 7.94. The number of ether oxygens (including phenoxy) is 1. The van der Waals surface area contributed by atoms with Gasteiger partial charge in [0, 0.05) is 25.2 Å². The maximum Gasteiger partial charge on any atom is 0.251 e. The average molecular weight is 431 g/mol. The first-order valence-electron chi connectivity index (χ1n) is 10.4. The molecule has 162 valence electrons. The predicted octanol–water partition coefficient (Wildman–Crippen LogP) is 3.89. The highest BCUT2D eigenvalue weighted by Gasteiger charge is 2.28. The van der Waals surface area contributed by atoms with Gasteiger partial charge in [0.25, 0.3) is 5.91 Å². The first kappa shape index (κ1) is 22.3. The number of aryl methyl sites for hydroxylation is 1. The summed E-state index contributed by atoms with van der Waals surface area (Å²) in [7, 11) is -3.59. The van der Waals surface area contributed by atoms with Crippen LogP contribution < -0.4 is 10.1 Å². The number of carbonyl (C=O) groups excluding carboxylic acids is 1. The lowest BCUT2D eigenvalue weighted by Crippen LogP contribution is -2.36. The number of benzene rings is 2. The van der Waals surface area contributed by atoms with Crippen molar-refractivity contribution in [3.63, 3.8) is 0 Å². The molecule has 1 saturated heterocycles. The molecule has 30 heavy (non-hydrogen) atoms. The highest BCUT2D eigenvalue weighted by Crippen LogP contribution is 2.24. The summed E-state index contributed by atoms with van der Waals surface area (Å²) in [6.07, 6.45) is 2.91. The molecule has 0 unspecified atom stereocenters. The summed E-state index contributed by atoms with van der Waals surface area (Å²) in [5, 5.41) is 2.86. The Bertz CT molecular complexity index is 979. The lowest BCUT2D eigenvalue weighted by molar-refractivity contribution is 0.0950. The van der Waals surface area contributed by atoms with Crippen LogP contribution in [-0.2, 0) is 16.6 Å². The van der Waals surface area contributed by atoms with Crippen molar-refractivity contribution in [3.05, 3.63) is 59.2 Å². The summed E-state index contributed by atoms with van der Waals surface area (Å²) < 4.78 is 33.3. The van der Waals surface area contributed by atoms with Crippen LogP contribution in [0.5, 0.6) is 5.75 Å². The minimum absolute atomic E-state index is 0.104. The van der Waals surface area contributed by atoms with Gasteiger partial charge >= 0.3 is 0 Å². The summed E-state index contributed by atoms with van der Waals surface area (Å²) in [5.74, 6) is 0.485. The molecule has 6 nitrogen and oxygen atoms in total. The Morgan fingerprint density at radius 3 is 2.37 bits per heavy atom. The molecule has 0 atom stereocenters. The van der Waals surface area contributed by atoms with E-state index in [1.807, 2.05) is 38.1 Å². The predicted molar refractivity (Wildman–Crippen MR) is 117 cm³/mol. The van der Waals surface area contributed by atoms with E-state index in [4.69, 9.17) is 4.74 Å². The Hall–Kier alpha value is -2.38. The van der Waals surface area contributed by atoms with E-state index in [1.165, 1.54) is 10.4 Å². The van der Waals surface area contributed by atoms with Gasteiger partial charge in [0.2, 0.25) is 10.0 Å². The Labute approximate surface area is 179 Å². The van der Waals surface area contributed by atoms with Crippen molar-refractivity contribution in [2.24, 2.45) is 0 Å². The Balaban J connectivity index is 1.70. The van der Waals surface area contributed by atoms with E-state index in [1.54, 1.807) is 19.1 Å². The van der Waals surface area contributed by atoms with Crippen molar-refractivity contribution in [2.45, 2.75) is 57.6 Å². The first-order valence-corrected chi connectivity index (χ1v) is 11.9. The third-order valence-electron chi connectivity index (χ3n) is 5.13. The van der Waals surface area contributed by atoms with Crippen LogP contribution >= 0.6 is 0 Å². The number of amides is 1. The van der Waals surface area contributed by atoms with Crippen LogP contribution in [-0.4, -0.2) is 37.8 Å². The van der Waals surface area contributed by atoms with Crippen LogP contribution in [0.4, 0.5) is 0 Å². The molecule has 1 heterocycles. The second kappa shape index (κ2) is 9.62. The first-order chi connectivity index (χ1) is 14.3. The fourth-order valence-corrected chi connectivity index (χ4v) is 5.27. The van der Waals surface area contributed by atoms with Crippen molar-refractivity contribution in [3.8, 4) is 5.75 Å². The van der Waals surface area contributed by atoms with Gasteiger partial charge < -0.3 is 10.1 Å². The molecule has 0 bridgehead atoms. The molecular weight excluding hydrogens is 400 g/mol. The summed E-state index contributed by atoms with van der Waals surface area (Å²) in [6.45, 7) is 7.12. The molecule has 1 aliphatic rings. The van der Waals surface area contributed by atoms with Crippen LogP contribution in [0.1, 0.15) is 54.6 Å². The van der Waals surface area contributed by atoms with E-state index in [2.05, 4.69) is 5.32 Å². The molecule has 7 heteroatoms. The summed E-state index contributed by atoms with van der Waals surface area (Å²) in [5.41, 5.74) is 1.93. The molecule has 0 saturated carbocycles. The molecule has 0 radical (unpaired) electrons. The summed E-state index contributed by atoms with van der Waals surface area (Å²) >= 11 is 0. The number of nitrogens with zero attached hydrogens (tertiary/aromatic N) is 1. The van der Waals surface area contributed by atoms with E-state index in [-0.39, 0.29) is 16.9 Å². The fourth-order valence-electron chi connectivity index (χ4n) is 3.51. The van der Waals surface area contributed by atoms with Gasteiger partial charge in [-0.15, -0.1) is 0 Å². The third kappa shape index (κ3) is 5.40. The maximum absolute atomic E-state index is 13.1. The van der Waals surface area contributed by atoms with Gasteiger partial charge in [-0.2, -0.15) is 4.31 Å². The number of piperidine rings is 1. The van der Waals surface area contributed by atoms with E-state index in [0.29, 0.717) is 30.8 Å². The van der Waals surface area contributed by atoms with E-state index < -0.39 is 10.0 Å². The molecule has 1 aliphatic heterocycles. The maximum atomic E-state index is 13.1. The van der Waals surface area contributed by atoms with Crippen molar-refractivity contribution >= 4 is 15.9 Å². The molecule has 3 rings (SSSR count). The monoisotopic (exact) mass is 430 g/mol. The summed E-state index contributed by atoms with van der Waals surface area (Å²) in [4.78, 5) is 12.9. The van der Waals surface area contributed by atoms with Crippen molar-refractivity contribution in [2.75, 3.05) is 13.1 Å². The zero-order valence-electron chi connectivity index (χ0n) is 17.8. The van der Waals surface area contributed by atoms with E-state index in [0.717, 1.165) is 30.6 Å². The largest absolute Gasteiger partial charge is 0.491 e. The minimum Gasteiger partial charge on any atom is -0.491 e. The fraction of sp³-hybridized carbons (Fsp3) is 0.435. The number of hydrogen-bond donors (Lipinski definition) is 1. The molecule has 1 N–H and O–H groups in total.